The topological polar surface area (TPSA) is 63.6 Å². The summed E-state index contributed by atoms with van der Waals surface area (Å²) in [5.74, 6) is 0.641. The lowest BCUT2D eigenvalue weighted by Crippen LogP contribution is -2.04. The monoisotopic (exact) mass is 304 g/mol. The first-order valence-corrected chi connectivity index (χ1v) is 7.15. The lowest BCUT2D eigenvalue weighted by atomic mass is 10.1. The van der Waals surface area contributed by atoms with E-state index in [1.165, 1.54) is 6.20 Å². The number of nitrogens with one attached hydrogen (secondary N) is 1. The van der Waals surface area contributed by atoms with Gasteiger partial charge in [-0.05, 0) is 6.07 Å². The van der Waals surface area contributed by atoms with E-state index in [0.717, 1.165) is 9.91 Å². The van der Waals surface area contributed by atoms with Crippen LogP contribution < -0.4 is 0 Å². The second kappa shape index (κ2) is 5.33. The highest BCUT2D eigenvalue weighted by Gasteiger charge is 2.21. The molecule has 2 heterocycles. The molecule has 0 saturated heterocycles. The van der Waals surface area contributed by atoms with Gasteiger partial charge in [0, 0.05) is 11.3 Å². The highest BCUT2D eigenvalue weighted by Crippen LogP contribution is 2.24. The van der Waals surface area contributed by atoms with Crippen LogP contribution in [0.4, 0.5) is 3.89 Å². The van der Waals surface area contributed by atoms with Gasteiger partial charge in [0.15, 0.2) is 12.3 Å². The van der Waals surface area contributed by atoms with Gasteiger partial charge in [-0.25, -0.2) is 4.98 Å². The van der Waals surface area contributed by atoms with Gasteiger partial charge in [-0.15, -0.1) is 3.89 Å². The summed E-state index contributed by atoms with van der Waals surface area (Å²) < 4.78 is 14.0. The number of imidazole rings is 1. The number of hydrogen-bond donors (Lipinski definition) is 1. The van der Waals surface area contributed by atoms with Gasteiger partial charge in [0.1, 0.15) is 17.2 Å². The van der Waals surface area contributed by atoms with Crippen molar-refractivity contribution in [3.05, 3.63) is 47.7 Å². The smallest absolute Gasteiger partial charge is 0.231 e. The normalized spacial score (nSPS) is 11.4. The quantitative estimate of drug-likeness (QED) is 0.749. The summed E-state index contributed by atoms with van der Waals surface area (Å²) >= 11 is -0.0307. The standard InChI is InChI=1S/C14H13FN4OS/c1-8(2)14-16-7-10(17-14)13(20)12-9-5-3-4-6-11(9)19(18-12)21-15/h3-8H,1-2H3,(H,16,17). The fourth-order valence-electron chi connectivity index (χ4n) is 2.13. The first kappa shape index (κ1) is 13.8. The van der Waals surface area contributed by atoms with Crippen LogP contribution >= 0.6 is 12.3 Å². The number of carbonyl (C=O) groups is 1. The van der Waals surface area contributed by atoms with Crippen LogP contribution in [0, 0.1) is 0 Å². The number of fused-ring (bicyclic) bond motifs is 1. The number of aromatic nitrogens is 4. The average molecular weight is 304 g/mol. The minimum atomic E-state index is -0.293. The maximum absolute atomic E-state index is 12.9. The molecule has 0 aliphatic carbocycles. The van der Waals surface area contributed by atoms with Gasteiger partial charge in [0.25, 0.3) is 0 Å². The van der Waals surface area contributed by atoms with Gasteiger partial charge < -0.3 is 4.98 Å². The summed E-state index contributed by atoms with van der Waals surface area (Å²) in [4.78, 5) is 19.7. The molecule has 3 rings (SSSR count). The molecule has 0 atom stereocenters. The minimum Gasteiger partial charge on any atom is -0.339 e. The molecule has 108 valence electrons. The Morgan fingerprint density at radius 1 is 1.38 bits per heavy atom. The minimum absolute atomic E-state index is 0.0307. The number of benzene rings is 1. The Labute approximate surface area is 125 Å². The summed E-state index contributed by atoms with van der Waals surface area (Å²) in [6.07, 6.45) is 1.49. The second-order valence-electron chi connectivity index (χ2n) is 4.97. The number of ketones is 1. The molecule has 2 aromatic heterocycles. The third-order valence-corrected chi connectivity index (χ3v) is 3.63. The Balaban J connectivity index is 2.09. The first-order valence-electron chi connectivity index (χ1n) is 6.48. The molecule has 3 aromatic rings. The summed E-state index contributed by atoms with van der Waals surface area (Å²) in [7, 11) is 0. The van der Waals surface area contributed by atoms with Crippen LogP contribution in [0.3, 0.4) is 0 Å². The largest absolute Gasteiger partial charge is 0.339 e. The molecule has 0 saturated carbocycles. The van der Waals surface area contributed by atoms with E-state index in [9.17, 15) is 8.68 Å². The molecule has 7 heteroatoms. The van der Waals surface area contributed by atoms with Gasteiger partial charge in [0.05, 0.1) is 11.7 Å². The fourth-order valence-corrected chi connectivity index (χ4v) is 2.48. The number of carbonyl (C=O) groups excluding carboxylic acids is 1. The molecule has 0 amide bonds. The fraction of sp³-hybridized carbons (Fsp3) is 0.214. The van der Waals surface area contributed by atoms with Crippen LogP contribution in [0.15, 0.2) is 30.5 Å². The zero-order valence-electron chi connectivity index (χ0n) is 11.5. The van der Waals surface area contributed by atoms with Crippen molar-refractivity contribution in [2.75, 3.05) is 0 Å². The van der Waals surface area contributed by atoms with Crippen LogP contribution in [0.25, 0.3) is 10.9 Å². The molecule has 1 aromatic carbocycles. The third-order valence-electron chi connectivity index (χ3n) is 3.22. The van der Waals surface area contributed by atoms with Gasteiger partial charge in [0.2, 0.25) is 5.78 Å². The number of para-hydroxylation sites is 1. The zero-order chi connectivity index (χ0) is 15.0. The van der Waals surface area contributed by atoms with E-state index in [4.69, 9.17) is 0 Å². The van der Waals surface area contributed by atoms with Crippen LogP contribution in [-0.2, 0) is 0 Å². The lowest BCUT2D eigenvalue weighted by Gasteiger charge is -1.98. The molecule has 0 spiro atoms. The number of H-pyrrole nitrogens is 1. The molecule has 21 heavy (non-hydrogen) atoms. The van der Waals surface area contributed by atoms with Crippen molar-refractivity contribution in [3.63, 3.8) is 0 Å². The van der Waals surface area contributed by atoms with E-state index >= 15 is 0 Å². The molecule has 0 bridgehead atoms. The van der Waals surface area contributed by atoms with Crippen molar-refractivity contribution < 1.29 is 8.68 Å². The SMILES string of the molecule is CC(C)c1ncc(C(=O)c2nn(SF)c3ccccc23)[nH]1. The van der Waals surface area contributed by atoms with Crippen LogP contribution in [-0.4, -0.2) is 24.9 Å². The summed E-state index contributed by atoms with van der Waals surface area (Å²) in [6.45, 7) is 3.97. The number of aromatic amines is 1. The van der Waals surface area contributed by atoms with Crippen LogP contribution in [0.1, 0.15) is 41.8 Å². The van der Waals surface area contributed by atoms with Crippen molar-refractivity contribution in [1.29, 1.82) is 0 Å². The molecule has 0 unspecified atom stereocenters. The highest BCUT2D eigenvalue weighted by molar-refractivity contribution is 7.92. The van der Waals surface area contributed by atoms with Crippen LogP contribution in [0.2, 0.25) is 0 Å². The van der Waals surface area contributed by atoms with Crippen molar-refractivity contribution >= 4 is 29.0 Å². The zero-order valence-corrected chi connectivity index (χ0v) is 12.3. The molecule has 0 fully saturated rings. The van der Waals surface area contributed by atoms with Crippen molar-refractivity contribution in [2.45, 2.75) is 19.8 Å². The molecule has 0 aliphatic heterocycles. The highest BCUT2D eigenvalue weighted by atomic mass is 32.2. The van der Waals surface area contributed by atoms with Gasteiger partial charge in [-0.2, -0.15) is 9.19 Å². The van der Waals surface area contributed by atoms with E-state index in [-0.39, 0.29) is 29.7 Å². The number of nitrogens with zero attached hydrogens (tertiary/aromatic N) is 3. The Bertz CT molecular complexity index is 808. The number of rotatable bonds is 4. The third kappa shape index (κ3) is 2.33. The maximum atomic E-state index is 12.9. The summed E-state index contributed by atoms with van der Waals surface area (Å²) in [6, 6.07) is 7.04. The summed E-state index contributed by atoms with van der Waals surface area (Å²) in [5.41, 5.74) is 1.14. The van der Waals surface area contributed by atoms with Crippen molar-refractivity contribution in [2.24, 2.45) is 0 Å². The lowest BCUT2D eigenvalue weighted by molar-refractivity contribution is 0.103. The maximum Gasteiger partial charge on any atom is 0.231 e. The molecular weight excluding hydrogens is 291 g/mol. The van der Waals surface area contributed by atoms with E-state index in [0.29, 0.717) is 16.6 Å². The molecule has 5 nitrogen and oxygen atoms in total. The van der Waals surface area contributed by atoms with Crippen molar-refractivity contribution in [3.8, 4) is 0 Å². The van der Waals surface area contributed by atoms with Crippen molar-refractivity contribution in [1.82, 2.24) is 19.2 Å². The molecule has 1 N–H and O–H groups in total. The Hall–Kier alpha value is -2.15. The second-order valence-corrected chi connectivity index (χ2v) is 5.46. The first-order chi connectivity index (χ1) is 10.1. The number of hydrogen-bond acceptors (Lipinski definition) is 4. The summed E-state index contributed by atoms with van der Waals surface area (Å²) in [5, 5.41) is 4.66. The molecule has 0 aliphatic rings. The Morgan fingerprint density at radius 2 is 2.14 bits per heavy atom. The van der Waals surface area contributed by atoms with Gasteiger partial charge in [-0.3, -0.25) is 4.79 Å². The van der Waals surface area contributed by atoms with Gasteiger partial charge >= 0.3 is 0 Å². The number of halogens is 1. The molecule has 0 radical (unpaired) electrons. The van der Waals surface area contributed by atoms with E-state index in [2.05, 4.69) is 15.1 Å². The van der Waals surface area contributed by atoms with Crippen LogP contribution in [0.5, 0.6) is 0 Å². The average Bonchev–Trinajstić information content (AvgIpc) is 3.11. The Morgan fingerprint density at radius 3 is 2.81 bits per heavy atom. The van der Waals surface area contributed by atoms with E-state index in [1.54, 1.807) is 24.3 Å². The Kier molecular flexibility index (Phi) is 3.50. The van der Waals surface area contributed by atoms with E-state index in [1.807, 2.05) is 13.8 Å². The van der Waals surface area contributed by atoms with E-state index < -0.39 is 0 Å². The van der Waals surface area contributed by atoms with Gasteiger partial charge in [-0.1, -0.05) is 32.0 Å². The predicted octanol–water partition coefficient (Wildman–Crippen LogP) is 3.49. The predicted molar refractivity (Wildman–Crippen MR) is 79.9 cm³/mol. The molecular formula is C14H13FN4OS.